The summed E-state index contributed by atoms with van der Waals surface area (Å²) in [6, 6.07) is 5.79. The summed E-state index contributed by atoms with van der Waals surface area (Å²) >= 11 is 11.9. The summed E-state index contributed by atoms with van der Waals surface area (Å²) in [4.78, 5) is 16.2. The number of carbonyl (C=O) groups is 1. The summed E-state index contributed by atoms with van der Waals surface area (Å²) < 4.78 is 43.6. The zero-order valence-corrected chi connectivity index (χ0v) is 16.0. The molecule has 2 aromatic rings. The number of rotatable bonds is 6. The first kappa shape index (κ1) is 21.3. The lowest BCUT2D eigenvalue weighted by Crippen LogP contribution is -2.29. The fraction of sp³-hybridized carbons (Fsp3) is 0.333. The molecule has 9 heteroatoms. The number of ether oxygens (including phenoxy) is 1. The number of aromatic nitrogens is 1. The standard InChI is InChI=1S/C18H17Cl2F3N2O2/c1-3-13(10-4-5-14(19)15(20)7-10)16(26)24-8-11-6-12(18(21,22)23)9-25-17(11)27-2/h4-7,9,13H,3,8H2,1-2H3,(H,24,26)/t13-/m0/s1. The minimum atomic E-state index is -4.54. The fourth-order valence-electron chi connectivity index (χ4n) is 2.57. The van der Waals surface area contributed by atoms with E-state index in [1.165, 1.54) is 7.11 Å². The van der Waals surface area contributed by atoms with Crippen LogP contribution in [0, 0.1) is 0 Å². The highest BCUT2D eigenvalue weighted by molar-refractivity contribution is 6.42. The molecule has 0 aliphatic carbocycles. The smallest absolute Gasteiger partial charge is 0.417 e. The zero-order valence-electron chi connectivity index (χ0n) is 14.5. The summed E-state index contributed by atoms with van der Waals surface area (Å²) in [5.74, 6) is -0.856. The van der Waals surface area contributed by atoms with Crippen LogP contribution < -0.4 is 10.1 Å². The van der Waals surface area contributed by atoms with Crippen molar-refractivity contribution in [3.8, 4) is 5.88 Å². The number of carbonyl (C=O) groups excluding carboxylic acids is 1. The first-order valence-electron chi connectivity index (χ1n) is 8.00. The second kappa shape index (κ2) is 8.80. The van der Waals surface area contributed by atoms with Gasteiger partial charge in [-0.15, -0.1) is 0 Å². The molecular formula is C18H17Cl2F3N2O2. The summed E-state index contributed by atoms with van der Waals surface area (Å²) in [7, 11) is 1.30. The Hall–Kier alpha value is -1.99. The molecule has 1 aromatic heterocycles. The van der Waals surface area contributed by atoms with Crippen molar-refractivity contribution in [2.24, 2.45) is 0 Å². The number of nitrogens with one attached hydrogen (secondary N) is 1. The monoisotopic (exact) mass is 420 g/mol. The van der Waals surface area contributed by atoms with Crippen molar-refractivity contribution in [2.45, 2.75) is 32.0 Å². The van der Waals surface area contributed by atoms with E-state index in [-0.39, 0.29) is 23.9 Å². The van der Waals surface area contributed by atoms with Gasteiger partial charge in [0.05, 0.1) is 28.6 Å². The molecular weight excluding hydrogens is 404 g/mol. The van der Waals surface area contributed by atoms with Crippen LogP contribution >= 0.6 is 23.2 Å². The number of halogens is 5. The van der Waals surface area contributed by atoms with Gasteiger partial charge in [0.2, 0.25) is 11.8 Å². The number of amides is 1. The molecule has 1 atom stereocenters. The van der Waals surface area contributed by atoms with Gasteiger partial charge in [0.15, 0.2) is 0 Å². The molecule has 0 saturated heterocycles. The molecule has 146 valence electrons. The number of alkyl halides is 3. The number of benzene rings is 1. The lowest BCUT2D eigenvalue weighted by atomic mass is 9.95. The molecule has 27 heavy (non-hydrogen) atoms. The molecule has 1 heterocycles. The molecule has 1 amide bonds. The van der Waals surface area contributed by atoms with Gasteiger partial charge in [-0.3, -0.25) is 4.79 Å². The average molecular weight is 421 g/mol. The lowest BCUT2D eigenvalue weighted by Gasteiger charge is -2.17. The van der Waals surface area contributed by atoms with Crippen LogP contribution in [0.4, 0.5) is 13.2 Å². The van der Waals surface area contributed by atoms with E-state index in [1.807, 2.05) is 6.92 Å². The van der Waals surface area contributed by atoms with Crippen LogP contribution in [0.2, 0.25) is 10.0 Å². The molecule has 1 N–H and O–H groups in total. The van der Waals surface area contributed by atoms with Crippen LogP contribution in [0.5, 0.6) is 5.88 Å². The number of pyridine rings is 1. The largest absolute Gasteiger partial charge is 0.481 e. The van der Waals surface area contributed by atoms with Crippen LogP contribution in [0.15, 0.2) is 30.5 Å². The maximum Gasteiger partial charge on any atom is 0.417 e. The third kappa shape index (κ3) is 5.26. The minimum absolute atomic E-state index is 0.0193. The number of hydrogen-bond acceptors (Lipinski definition) is 3. The van der Waals surface area contributed by atoms with E-state index in [9.17, 15) is 18.0 Å². The summed E-state index contributed by atoms with van der Waals surface area (Å²) in [6.45, 7) is 1.66. The van der Waals surface area contributed by atoms with Crippen LogP contribution in [0.25, 0.3) is 0 Å². The Bertz CT molecular complexity index is 829. The highest BCUT2D eigenvalue weighted by atomic mass is 35.5. The number of nitrogens with zero attached hydrogens (tertiary/aromatic N) is 1. The highest BCUT2D eigenvalue weighted by Crippen LogP contribution is 2.31. The molecule has 2 rings (SSSR count). The quantitative estimate of drug-likeness (QED) is 0.696. The van der Waals surface area contributed by atoms with Crippen molar-refractivity contribution >= 4 is 29.1 Å². The SMILES string of the molecule is CC[C@H](C(=O)NCc1cc(C(F)(F)F)cnc1OC)c1ccc(Cl)c(Cl)c1. The van der Waals surface area contributed by atoms with Crippen LogP contribution in [0.3, 0.4) is 0 Å². The Kier molecular flexibility index (Phi) is 6.95. The molecule has 0 unspecified atom stereocenters. The van der Waals surface area contributed by atoms with Crippen molar-refractivity contribution < 1.29 is 22.7 Å². The zero-order chi connectivity index (χ0) is 20.2. The van der Waals surface area contributed by atoms with Gasteiger partial charge in [0.25, 0.3) is 0 Å². The summed E-state index contributed by atoms with van der Waals surface area (Å²) in [6.07, 6.45) is -3.37. The first-order valence-corrected chi connectivity index (χ1v) is 8.75. The summed E-state index contributed by atoms with van der Waals surface area (Å²) in [5.41, 5.74) is -0.118. The van der Waals surface area contributed by atoms with Crippen molar-refractivity contribution in [3.63, 3.8) is 0 Å². The van der Waals surface area contributed by atoms with Crippen LogP contribution in [0.1, 0.15) is 36.0 Å². The van der Waals surface area contributed by atoms with Gasteiger partial charge in [0.1, 0.15) is 0 Å². The van der Waals surface area contributed by atoms with Crippen LogP contribution in [-0.4, -0.2) is 18.0 Å². The highest BCUT2D eigenvalue weighted by Gasteiger charge is 2.32. The van der Waals surface area contributed by atoms with E-state index in [4.69, 9.17) is 27.9 Å². The van der Waals surface area contributed by atoms with Gasteiger partial charge in [-0.25, -0.2) is 4.98 Å². The topological polar surface area (TPSA) is 51.2 Å². The molecule has 1 aromatic carbocycles. The Labute approximate surface area is 164 Å². The molecule has 0 bridgehead atoms. The average Bonchev–Trinajstić information content (AvgIpc) is 2.62. The van der Waals surface area contributed by atoms with Gasteiger partial charge >= 0.3 is 6.18 Å². The van der Waals surface area contributed by atoms with Crippen molar-refractivity contribution in [1.82, 2.24) is 10.3 Å². The van der Waals surface area contributed by atoms with Gasteiger partial charge in [-0.05, 0) is 30.2 Å². The van der Waals surface area contributed by atoms with E-state index in [0.29, 0.717) is 28.2 Å². The van der Waals surface area contributed by atoms with Gasteiger partial charge in [-0.1, -0.05) is 36.2 Å². The molecule has 0 fully saturated rings. The number of methoxy groups -OCH3 is 1. The Morgan fingerprint density at radius 3 is 2.52 bits per heavy atom. The van der Waals surface area contributed by atoms with Crippen molar-refractivity contribution in [2.75, 3.05) is 7.11 Å². The van der Waals surface area contributed by atoms with Gasteiger partial charge in [-0.2, -0.15) is 13.2 Å². The molecule has 0 spiro atoms. The third-order valence-corrected chi connectivity index (χ3v) is 4.71. The Morgan fingerprint density at radius 1 is 1.26 bits per heavy atom. The van der Waals surface area contributed by atoms with Gasteiger partial charge in [0, 0.05) is 18.3 Å². The lowest BCUT2D eigenvalue weighted by molar-refractivity contribution is -0.137. The Balaban J connectivity index is 2.19. The normalized spacial score (nSPS) is 12.6. The maximum absolute atomic E-state index is 12.9. The molecule has 4 nitrogen and oxygen atoms in total. The Morgan fingerprint density at radius 2 is 1.96 bits per heavy atom. The third-order valence-electron chi connectivity index (χ3n) is 3.97. The second-order valence-corrected chi connectivity index (χ2v) is 6.56. The predicted molar refractivity (Wildman–Crippen MR) is 97.1 cm³/mol. The van der Waals surface area contributed by atoms with Gasteiger partial charge < -0.3 is 10.1 Å². The second-order valence-electron chi connectivity index (χ2n) is 5.74. The summed E-state index contributed by atoms with van der Waals surface area (Å²) in [5, 5.41) is 3.33. The van der Waals surface area contributed by atoms with E-state index in [2.05, 4.69) is 10.3 Å². The molecule has 0 saturated carbocycles. The fourth-order valence-corrected chi connectivity index (χ4v) is 2.88. The maximum atomic E-state index is 12.9. The van der Waals surface area contributed by atoms with E-state index in [1.54, 1.807) is 18.2 Å². The van der Waals surface area contributed by atoms with Crippen molar-refractivity contribution in [1.29, 1.82) is 0 Å². The van der Waals surface area contributed by atoms with E-state index < -0.39 is 17.7 Å². The molecule has 0 aliphatic heterocycles. The predicted octanol–water partition coefficient (Wildman–Crippen LogP) is 5.23. The van der Waals surface area contributed by atoms with E-state index >= 15 is 0 Å². The van der Waals surface area contributed by atoms with E-state index in [0.717, 1.165) is 6.07 Å². The van der Waals surface area contributed by atoms with Crippen LogP contribution in [-0.2, 0) is 17.5 Å². The molecule has 0 radical (unpaired) electrons. The van der Waals surface area contributed by atoms with Crippen molar-refractivity contribution in [3.05, 3.63) is 57.2 Å². The minimum Gasteiger partial charge on any atom is -0.481 e. The first-order chi connectivity index (χ1) is 12.7. The molecule has 0 aliphatic rings. The number of hydrogen-bond donors (Lipinski definition) is 1.